The molecule has 0 radical (unpaired) electrons. The highest BCUT2D eigenvalue weighted by Crippen LogP contribution is 2.43. The zero-order valence-corrected chi connectivity index (χ0v) is 20.2. The molecule has 0 spiro atoms. The number of carbonyl (C=O) groups is 1. The zero-order chi connectivity index (χ0) is 22.4. The van der Waals surface area contributed by atoms with Crippen LogP contribution in [0.1, 0.15) is 37.5 Å². The summed E-state index contributed by atoms with van der Waals surface area (Å²) in [6.45, 7) is 4.39. The molecule has 32 heavy (non-hydrogen) atoms. The van der Waals surface area contributed by atoms with Crippen LogP contribution in [0.4, 0.5) is 5.82 Å². The third-order valence-corrected chi connectivity index (χ3v) is 7.64. The van der Waals surface area contributed by atoms with E-state index in [4.69, 9.17) is 9.72 Å². The minimum Gasteiger partial charge on any atom is -0.383 e. The summed E-state index contributed by atoms with van der Waals surface area (Å²) in [7, 11) is 1.68. The maximum Gasteiger partial charge on any atom is 0.231 e. The highest BCUT2D eigenvalue weighted by Gasteiger charge is 2.43. The van der Waals surface area contributed by atoms with Gasteiger partial charge in [-0.05, 0) is 30.0 Å². The fourth-order valence-electron chi connectivity index (χ4n) is 4.26. The van der Waals surface area contributed by atoms with Gasteiger partial charge in [0.25, 0.3) is 0 Å². The van der Waals surface area contributed by atoms with E-state index in [0.717, 1.165) is 48.3 Å². The van der Waals surface area contributed by atoms with E-state index in [-0.39, 0.29) is 11.3 Å². The summed E-state index contributed by atoms with van der Waals surface area (Å²) < 4.78 is 6.99. The Labute approximate surface area is 196 Å². The normalized spacial score (nSPS) is 15.3. The van der Waals surface area contributed by atoms with Crippen LogP contribution in [0.15, 0.2) is 28.9 Å². The third-order valence-electron chi connectivity index (χ3n) is 5.84. The maximum atomic E-state index is 13.2. The lowest BCUT2D eigenvalue weighted by Crippen LogP contribution is -2.43. The monoisotopic (exact) mass is 474 g/mol. The summed E-state index contributed by atoms with van der Waals surface area (Å²) in [5.41, 5.74) is 0.408. The first-order chi connectivity index (χ1) is 15.7. The molecule has 1 saturated carbocycles. The van der Waals surface area contributed by atoms with E-state index in [0.29, 0.717) is 31.4 Å². The van der Waals surface area contributed by atoms with Crippen LogP contribution in [-0.4, -0.2) is 58.2 Å². The largest absolute Gasteiger partial charge is 0.383 e. The number of fused-ring (bicyclic) bond motifs is 1. The maximum absolute atomic E-state index is 13.2. The molecule has 1 fully saturated rings. The Morgan fingerprint density at radius 3 is 2.88 bits per heavy atom. The number of aromatic nitrogens is 4. The van der Waals surface area contributed by atoms with Gasteiger partial charge in [0.2, 0.25) is 5.91 Å². The lowest BCUT2D eigenvalue weighted by atomic mass is 9.83. The SMILES string of the molecule is CCSc1nc(NCCOC)c2cnn(CCNC(=O)C3(c4cccs4)CCCC3)c2n1. The molecule has 3 heterocycles. The van der Waals surface area contributed by atoms with Crippen molar-refractivity contribution in [2.75, 3.05) is 37.9 Å². The smallest absolute Gasteiger partial charge is 0.231 e. The molecule has 0 saturated heterocycles. The summed E-state index contributed by atoms with van der Waals surface area (Å²) >= 11 is 3.28. The van der Waals surface area contributed by atoms with E-state index in [2.05, 4.69) is 39.1 Å². The number of nitrogens with zero attached hydrogens (tertiary/aromatic N) is 4. The topological polar surface area (TPSA) is 94.0 Å². The van der Waals surface area contributed by atoms with Crippen molar-refractivity contribution >= 4 is 45.9 Å². The van der Waals surface area contributed by atoms with Gasteiger partial charge in [0.1, 0.15) is 5.82 Å². The number of thiophene rings is 1. The van der Waals surface area contributed by atoms with E-state index in [1.807, 2.05) is 10.7 Å². The Morgan fingerprint density at radius 2 is 2.16 bits per heavy atom. The summed E-state index contributed by atoms with van der Waals surface area (Å²) in [5, 5.41) is 14.7. The van der Waals surface area contributed by atoms with Crippen molar-refractivity contribution in [1.82, 2.24) is 25.1 Å². The number of anilines is 1. The second-order valence-corrected chi connectivity index (χ2v) is 10.0. The summed E-state index contributed by atoms with van der Waals surface area (Å²) in [6.07, 6.45) is 5.83. The molecule has 8 nitrogen and oxygen atoms in total. The van der Waals surface area contributed by atoms with Gasteiger partial charge in [-0.25, -0.2) is 14.6 Å². The molecule has 0 unspecified atom stereocenters. The predicted octanol–water partition coefficient (Wildman–Crippen LogP) is 3.69. The Bertz CT molecular complexity index is 1030. The van der Waals surface area contributed by atoms with Crippen LogP contribution in [-0.2, 0) is 21.5 Å². The van der Waals surface area contributed by atoms with Crippen molar-refractivity contribution < 1.29 is 9.53 Å². The lowest BCUT2D eigenvalue weighted by molar-refractivity contribution is -0.126. The van der Waals surface area contributed by atoms with E-state index in [1.165, 1.54) is 4.88 Å². The number of rotatable bonds is 11. The van der Waals surface area contributed by atoms with Crippen molar-refractivity contribution in [2.45, 2.75) is 49.7 Å². The standard InChI is InChI=1S/C22H30N6O2S2/c1-3-31-21-26-18(23-11-13-30-2)16-15-25-28(19(16)27-21)12-10-24-20(29)22(8-4-5-9-22)17-7-6-14-32-17/h6-7,14-15H,3-5,8-13H2,1-2H3,(H,24,29)(H,23,26,27). The van der Waals surface area contributed by atoms with Gasteiger partial charge in [-0.3, -0.25) is 4.79 Å². The Balaban J connectivity index is 1.47. The molecule has 0 aromatic carbocycles. The van der Waals surface area contributed by atoms with E-state index in [1.54, 1.807) is 36.4 Å². The van der Waals surface area contributed by atoms with Crippen molar-refractivity contribution in [3.8, 4) is 0 Å². The fourth-order valence-corrected chi connectivity index (χ4v) is 5.81. The summed E-state index contributed by atoms with van der Waals surface area (Å²) in [5.74, 6) is 1.78. The number of methoxy groups -OCH3 is 1. The van der Waals surface area contributed by atoms with Crippen LogP contribution in [0.5, 0.6) is 0 Å². The van der Waals surface area contributed by atoms with E-state index in [9.17, 15) is 4.79 Å². The van der Waals surface area contributed by atoms with Gasteiger partial charge in [0, 0.05) is 25.1 Å². The Hall–Kier alpha value is -2.17. The molecule has 0 atom stereocenters. The van der Waals surface area contributed by atoms with Gasteiger partial charge in [-0.2, -0.15) is 5.10 Å². The van der Waals surface area contributed by atoms with Gasteiger partial charge in [-0.1, -0.05) is 37.6 Å². The molecule has 1 aliphatic carbocycles. The highest BCUT2D eigenvalue weighted by atomic mass is 32.2. The lowest BCUT2D eigenvalue weighted by Gasteiger charge is -2.26. The number of ether oxygens (including phenoxy) is 1. The molecule has 3 aromatic rings. The molecular formula is C22H30N6O2S2. The van der Waals surface area contributed by atoms with Crippen LogP contribution in [0.3, 0.4) is 0 Å². The first-order valence-corrected chi connectivity index (χ1v) is 13.0. The second-order valence-electron chi connectivity index (χ2n) is 7.83. The first kappa shape index (κ1) is 23.0. The molecule has 0 aliphatic heterocycles. The third kappa shape index (κ3) is 4.77. The van der Waals surface area contributed by atoms with Gasteiger partial charge in [0.15, 0.2) is 10.8 Å². The zero-order valence-electron chi connectivity index (χ0n) is 18.6. The van der Waals surface area contributed by atoms with Gasteiger partial charge >= 0.3 is 0 Å². The molecule has 4 rings (SSSR count). The van der Waals surface area contributed by atoms with Gasteiger partial charge in [-0.15, -0.1) is 11.3 Å². The molecule has 10 heteroatoms. The van der Waals surface area contributed by atoms with E-state index >= 15 is 0 Å². The number of hydrogen-bond donors (Lipinski definition) is 2. The minimum absolute atomic E-state index is 0.132. The molecule has 2 N–H and O–H groups in total. The molecule has 0 bridgehead atoms. The summed E-state index contributed by atoms with van der Waals surface area (Å²) in [4.78, 5) is 23.7. The van der Waals surface area contributed by atoms with Gasteiger partial charge < -0.3 is 15.4 Å². The Morgan fingerprint density at radius 1 is 1.31 bits per heavy atom. The van der Waals surface area contributed by atoms with Crippen LogP contribution in [0.25, 0.3) is 11.0 Å². The molecule has 1 amide bonds. The van der Waals surface area contributed by atoms with Crippen molar-refractivity contribution in [1.29, 1.82) is 0 Å². The number of thioether (sulfide) groups is 1. The summed E-state index contributed by atoms with van der Waals surface area (Å²) in [6, 6.07) is 4.13. The van der Waals surface area contributed by atoms with Crippen LogP contribution >= 0.6 is 23.1 Å². The van der Waals surface area contributed by atoms with Crippen LogP contribution in [0, 0.1) is 0 Å². The molecule has 172 valence electrons. The van der Waals surface area contributed by atoms with Crippen LogP contribution < -0.4 is 10.6 Å². The molecular weight excluding hydrogens is 444 g/mol. The second kappa shape index (κ2) is 10.6. The van der Waals surface area contributed by atoms with Crippen LogP contribution in [0.2, 0.25) is 0 Å². The number of hydrogen-bond acceptors (Lipinski definition) is 8. The number of nitrogens with one attached hydrogen (secondary N) is 2. The van der Waals surface area contributed by atoms with Crippen molar-refractivity contribution in [3.63, 3.8) is 0 Å². The highest BCUT2D eigenvalue weighted by molar-refractivity contribution is 7.99. The quantitative estimate of drug-likeness (QED) is 0.249. The fraction of sp³-hybridized carbons (Fsp3) is 0.545. The number of carbonyl (C=O) groups excluding carboxylic acids is 1. The predicted molar refractivity (Wildman–Crippen MR) is 130 cm³/mol. The number of amides is 1. The van der Waals surface area contributed by atoms with E-state index < -0.39 is 0 Å². The first-order valence-electron chi connectivity index (χ1n) is 11.1. The molecule has 3 aromatic heterocycles. The van der Waals surface area contributed by atoms with Crippen molar-refractivity contribution in [3.05, 3.63) is 28.6 Å². The minimum atomic E-state index is -0.369. The van der Waals surface area contributed by atoms with Crippen molar-refractivity contribution in [2.24, 2.45) is 0 Å². The Kier molecular flexibility index (Phi) is 7.64. The van der Waals surface area contributed by atoms with Gasteiger partial charge in [0.05, 0.1) is 30.1 Å². The average molecular weight is 475 g/mol. The average Bonchev–Trinajstić information content (AvgIpc) is 3.55. The molecule has 1 aliphatic rings.